The number of carbonyl (C=O) groups is 1. The van der Waals surface area contributed by atoms with Crippen molar-refractivity contribution < 1.29 is 9.53 Å². The lowest BCUT2D eigenvalue weighted by Gasteiger charge is -2.27. The zero-order valence-corrected chi connectivity index (χ0v) is 15.3. The molecule has 0 aliphatic carbocycles. The number of ether oxygens (including phenoxy) is 1. The lowest BCUT2D eigenvalue weighted by molar-refractivity contribution is -0.115. The van der Waals surface area contributed by atoms with E-state index in [1.54, 1.807) is 16.4 Å². The van der Waals surface area contributed by atoms with E-state index in [0.29, 0.717) is 29.0 Å². The third-order valence-corrected chi connectivity index (χ3v) is 4.58. The molecule has 7 nitrogen and oxygen atoms in total. The first-order valence-corrected chi connectivity index (χ1v) is 9.13. The molecule has 25 heavy (non-hydrogen) atoms. The standard InChI is InChI=1S/C17H21N5O2S/c1-4-24-12-8-6-7-11(9-12)14-13(15(18)23)10(3)19-16-20-17(25-5-2)21-22(14)16/h6-9,14H,4-5H2,1-3H3,(H2,18,23)(H,19,20,21). The van der Waals surface area contributed by atoms with Crippen LogP contribution >= 0.6 is 11.8 Å². The van der Waals surface area contributed by atoms with Crippen LogP contribution in [0.4, 0.5) is 5.95 Å². The van der Waals surface area contributed by atoms with Crippen LogP contribution in [0.25, 0.3) is 0 Å². The molecule has 1 unspecified atom stereocenters. The fourth-order valence-electron chi connectivity index (χ4n) is 2.89. The van der Waals surface area contributed by atoms with Crippen LogP contribution in [0.15, 0.2) is 40.7 Å². The van der Waals surface area contributed by atoms with Crippen molar-refractivity contribution in [3.8, 4) is 5.75 Å². The lowest BCUT2D eigenvalue weighted by Crippen LogP contribution is -2.31. The summed E-state index contributed by atoms with van der Waals surface area (Å²) in [6.45, 7) is 6.36. The highest BCUT2D eigenvalue weighted by molar-refractivity contribution is 7.99. The van der Waals surface area contributed by atoms with Crippen molar-refractivity contribution in [2.75, 3.05) is 17.7 Å². The molecule has 1 aromatic heterocycles. The number of benzene rings is 1. The number of allylic oxidation sites excluding steroid dienone is 1. The second-order valence-electron chi connectivity index (χ2n) is 5.53. The van der Waals surface area contributed by atoms with E-state index in [1.807, 2.05) is 45.0 Å². The van der Waals surface area contributed by atoms with Gasteiger partial charge < -0.3 is 15.8 Å². The molecule has 0 saturated heterocycles. The topological polar surface area (TPSA) is 95.1 Å². The third kappa shape index (κ3) is 3.34. The normalized spacial score (nSPS) is 16.4. The number of amides is 1. The van der Waals surface area contributed by atoms with E-state index < -0.39 is 11.9 Å². The largest absolute Gasteiger partial charge is 0.494 e. The SMILES string of the molecule is CCOc1cccc(C2C(C(N)=O)=C(C)Nc3nc(SCC)nn32)c1. The van der Waals surface area contributed by atoms with Gasteiger partial charge in [0.2, 0.25) is 17.0 Å². The van der Waals surface area contributed by atoms with E-state index in [-0.39, 0.29) is 0 Å². The van der Waals surface area contributed by atoms with Gasteiger partial charge in [-0.2, -0.15) is 4.98 Å². The minimum absolute atomic E-state index is 0.437. The number of nitrogens with one attached hydrogen (secondary N) is 1. The maximum absolute atomic E-state index is 12.1. The van der Waals surface area contributed by atoms with Crippen molar-refractivity contribution in [1.29, 1.82) is 0 Å². The van der Waals surface area contributed by atoms with Gasteiger partial charge in [-0.3, -0.25) is 4.79 Å². The van der Waals surface area contributed by atoms with Gasteiger partial charge in [-0.1, -0.05) is 30.8 Å². The second-order valence-corrected chi connectivity index (χ2v) is 6.76. The van der Waals surface area contributed by atoms with Gasteiger partial charge in [-0.25, -0.2) is 4.68 Å². The first-order valence-electron chi connectivity index (χ1n) is 8.14. The Balaban J connectivity index is 2.13. The Bertz CT molecular complexity index is 830. The zero-order chi connectivity index (χ0) is 18.0. The number of aromatic nitrogens is 3. The number of nitrogens with two attached hydrogens (primary N) is 1. The summed E-state index contributed by atoms with van der Waals surface area (Å²) >= 11 is 1.55. The summed E-state index contributed by atoms with van der Waals surface area (Å²) < 4.78 is 7.31. The molecule has 1 aliphatic rings. The predicted octanol–water partition coefficient (Wildman–Crippen LogP) is 2.56. The Morgan fingerprint density at radius 2 is 2.24 bits per heavy atom. The Labute approximate surface area is 150 Å². The average molecular weight is 359 g/mol. The Morgan fingerprint density at radius 3 is 2.92 bits per heavy atom. The van der Waals surface area contributed by atoms with E-state index in [1.165, 1.54) is 0 Å². The molecule has 1 aliphatic heterocycles. The molecule has 3 N–H and O–H groups in total. The van der Waals surface area contributed by atoms with E-state index in [2.05, 4.69) is 15.4 Å². The summed E-state index contributed by atoms with van der Waals surface area (Å²) in [7, 11) is 0. The summed E-state index contributed by atoms with van der Waals surface area (Å²) in [6, 6.07) is 7.19. The Hall–Kier alpha value is -2.48. The molecule has 132 valence electrons. The zero-order valence-electron chi connectivity index (χ0n) is 14.4. The molecule has 0 saturated carbocycles. The van der Waals surface area contributed by atoms with Crippen LogP contribution < -0.4 is 15.8 Å². The van der Waals surface area contributed by atoms with Crippen LogP contribution in [-0.4, -0.2) is 33.0 Å². The minimum Gasteiger partial charge on any atom is -0.494 e. The van der Waals surface area contributed by atoms with Gasteiger partial charge in [0.15, 0.2) is 0 Å². The van der Waals surface area contributed by atoms with Gasteiger partial charge in [0.25, 0.3) is 0 Å². The van der Waals surface area contributed by atoms with Crippen molar-refractivity contribution in [1.82, 2.24) is 14.8 Å². The number of primary amides is 1. The highest BCUT2D eigenvalue weighted by Gasteiger charge is 2.33. The van der Waals surface area contributed by atoms with Gasteiger partial charge >= 0.3 is 0 Å². The lowest BCUT2D eigenvalue weighted by atomic mass is 9.95. The fraction of sp³-hybridized carbons (Fsp3) is 0.353. The number of hydrogen-bond acceptors (Lipinski definition) is 6. The molecule has 1 aromatic carbocycles. The summed E-state index contributed by atoms with van der Waals surface area (Å²) in [5.41, 5.74) is 7.70. The third-order valence-electron chi connectivity index (χ3n) is 3.86. The van der Waals surface area contributed by atoms with E-state index in [4.69, 9.17) is 10.5 Å². The number of fused-ring (bicyclic) bond motifs is 1. The van der Waals surface area contributed by atoms with Crippen LogP contribution in [0.2, 0.25) is 0 Å². The van der Waals surface area contributed by atoms with Crippen molar-refractivity contribution in [2.24, 2.45) is 5.73 Å². The van der Waals surface area contributed by atoms with Crippen molar-refractivity contribution in [3.05, 3.63) is 41.1 Å². The Morgan fingerprint density at radius 1 is 1.44 bits per heavy atom. The summed E-state index contributed by atoms with van der Waals surface area (Å²) in [5.74, 6) is 1.72. The van der Waals surface area contributed by atoms with Crippen LogP contribution in [0.3, 0.4) is 0 Å². The fourth-order valence-corrected chi connectivity index (χ4v) is 3.45. The summed E-state index contributed by atoms with van der Waals surface area (Å²) in [6.07, 6.45) is 0. The summed E-state index contributed by atoms with van der Waals surface area (Å²) in [4.78, 5) is 16.6. The van der Waals surface area contributed by atoms with Gasteiger partial charge in [0.1, 0.15) is 11.8 Å². The maximum Gasteiger partial charge on any atom is 0.248 e. The van der Waals surface area contributed by atoms with Gasteiger partial charge in [0, 0.05) is 5.70 Å². The monoisotopic (exact) mass is 359 g/mol. The van der Waals surface area contributed by atoms with Crippen LogP contribution in [0.1, 0.15) is 32.4 Å². The first-order chi connectivity index (χ1) is 12.0. The predicted molar refractivity (Wildman–Crippen MR) is 97.7 cm³/mol. The number of anilines is 1. The van der Waals surface area contributed by atoms with Crippen molar-refractivity contribution in [3.63, 3.8) is 0 Å². The quantitative estimate of drug-likeness (QED) is 0.770. The van der Waals surface area contributed by atoms with E-state index >= 15 is 0 Å². The molecule has 0 bridgehead atoms. The molecule has 8 heteroatoms. The highest BCUT2D eigenvalue weighted by atomic mass is 32.2. The molecule has 1 atom stereocenters. The average Bonchev–Trinajstić information content (AvgIpc) is 2.96. The molecule has 3 rings (SSSR count). The number of rotatable bonds is 6. The number of hydrogen-bond donors (Lipinski definition) is 2. The molecule has 0 radical (unpaired) electrons. The van der Waals surface area contributed by atoms with Crippen molar-refractivity contribution in [2.45, 2.75) is 32.0 Å². The number of carbonyl (C=O) groups excluding carboxylic acids is 1. The summed E-state index contributed by atoms with van der Waals surface area (Å²) in [5, 5.41) is 8.36. The van der Waals surface area contributed by atoms with Crippen LogP contribution in [-0.2, 0) is 4.79 Å². The molecular formula is C17H21N5O2S. The first kappa shape index (κ1) is 17.3. The van der Waals surface area contributed by atoms with Gasteiger partial charge in [0.05, 0.1) is 12.2 Å². The van der Waals surface area contributed by atoms with Crippen molar-refractivity contribution >= 4 is 23.6 Å². The smallest absolute Gasteiger partial charge is 0.248 e. The molecule has 2 aromatic rings. The minimum atomic E-state index is -0.484. The molecular weight excluding hydrogens is 338 g/mol. The maximum atomic E-state index is 12.1. The molecule has 1 amide bonds. The highest BCUT2D eigenvalue weighted by Crippen LogP contribution is 2.36. The van der Waals surface area contributed by atoms with Crippen LogP contribution in [0.5, 0.6) is 5.75 Å². The molecule has 0 spiro atoms. The number of nitrogens with zero attached hydrogens (tertiary/aromatic N) is 3. The van der Waals surface area contributed by atoms with Gasteiger partial charge in [-0.05, 0) is 37.3 Å². The second kappa shape index (κ2) is 7.18. The van der Waals surface area contributed by atoms with Crippen LogP contribution in [0, 0.1) is 0 Å². The van der Waals surface area contributed by atoms with E-state index in [9.17, 15) is 4.79 Å². The number of thioether (sulfide) groups is 1. The molecule has 2 heterocycles. The molecule has 0 fully saturated rings. The Kier molecular flexibility index (Phi) is 4.98. The van der Waals surface area contributed by atoms with E-state index in [0.717, 1.165) is 17.1 Å². The van der Waals surface area contributed by atoms with Gasteiger partial charge in [-0.15, -0.1) is 5.10 Å².